The van der Waals surface area contributed by atoms with Crippen LogP contribution in [0.15, 0.2) is 30.3 Å². The molecule has 1 heterocycles. The first-order valence-electron chi connectivity index (χ1n) is 6.69. The molecular weight excluding hydrogens is 244 g/mol. The van der Waals surface area contributed by atoms with Gasteiger partial charge in [0.1, 0.15) is 0 Å². The lowest BCUT2D eigenvalue weighted by Gasteiger charge is -2.39. The Kier molecular flexibility index (Phi) is 6.13. The molecule has 1 aliphatic rings. The molecule has 0 radical (unpaired) electrons. The van der Waals surface area contributed by atoms with E-state index in [2.05, 4.69) is 61.3 Å². The van der Waals surface area contributed by atoms with Crippen LogP contribution in [0.5, 0.6) is 0 Å². The van der Waals surface area contributed by atoms with Crippen molar-refractivity contribution in [3.63, 3.8) is 0 Å². The van der Waals surface area contributed by atoms with Crippen molar-refractivity contribution in [2.45, 2.75) is 38.8 Å². The van der Waals surface area contributed by atoms with Crippen molar-refractivity contribution in [3.8, 4) is 0 Å². The van der Waals surface area contributed by atoms with E-state index in [-0.39, 0.29) is 12.4 Å². The molecule has 1 N–H and O–H groups in total. The highest BCUT2D eigenvalue weighted by Crippen LogP contribution is 2.18. The predicted octanol–water partition coefficient (Wildman–Crippen LogP) is 2.89. The van der Waals surface area contributed by atoms with Gasteiger partial charge in [-0.2, -0.15) is 0 Å². The van der Waals surface area contributed by atoms with Gasteiger partial charge in [-0.1, -0.05) is 37.3 Å². The molecule has 18 heavy (non-hydrogen) atoms. The Labute approximate surface area is 117 Å². The minimum absolute atomic E-state index is 0. The maximum Gasteiger partial charge on any atom is 0.0193 e. The van der Waals surface area contributed by atoms with E-state index >= 15 is 0 Å². The third-order valence-electron chi connectivity index (χ3n) is 3.77. The van der Waals surface area contributed by atoms with Crippen molar-refractivity contribution in [2.24, 2.45) is 0 Å². The van der Waals surface area contributed by atoms with E-state index < -0.39 is 0 Å². The number of benzene rings is 1. The third-order valence-corrected chi connectivity index (χ3v) is 3.77. The van der Waals surface area contributed by atoms with Crippen LogP contribution in [-0.2, 0) is 0 Å². The van der Waals surface area contributed by atoms with E-state index in [1.54, 1.807) is 0 Å². The maximum atomic E-state index is 3.53. The molecule has 1 saturated heterocycles. The molecular formula is C15H25ClN2. The van der Waals surface area contributed by atoms with Gasteiger partial charge in [0, 0.05) is 31.7 Å². The van der Waals surface area contributed by atoms with Crippen LogP contribution in [0.2, 0.25) is 0 Å². The zero-order valence-corrected chi connectivity index (χ0v) is 12.4. The smallest absolute Gasteiger partial charge is 0.0193 e. The molecule has 2 rings (SSSR count). The largest absolute Gasteiger partial charge is 0.311 e. The minimum atomic E-state index is 0. The Morgan fingerprint density at radius 3 is 2.61 bits per heavy atom. The molecule has 1 fully saturated rings. The minimum Gasteiger partial charge on any atom is -0.311 e. The Balaban J connectivity index is 0.00000162. The monoisotopic (exact) mass is 268 g/mol. The summed E-state index contributed by atoms with van der Waals surface area (Å²) < 4.78 is 0. The molecule has 1 aromatic rings. The fraction of sp³-hybridized carbons (Fsp3) is 0.600. The summed E-state index contributed by atoms with van der Waals surface area (Å²) in [4.78, 5) is 2.61. The highest BCUT2D eigenvalue weighted by Gasteiger charge is 2.23. The summed E-state index contributed by atoms with van der Waals surface area (Å²) in [7, 11) is 0. The summed E-state index contributed by atoms with van der Waals surface area (Å²) in [6.07, 6.45) is 0. The van der Waals surface area contributed by atoms with Gasteiger partial charge in [0.2, 0.25) is 0 Å². The van der Waals surface area contributed by atoms with E-state index in [1.165, 1.54) is 12.1 Å². The van der Waals surface area contributed by atoms with Crippen LogP contribution in [0.3, 0.4) is 0 Å². The molecule has 0 aliphatic carbocycles. The van der Waals surface area contributed by atoms with Crippen LogP contribution in [-0.4, -0.2) is 36.6 Å². The molecule has 2 nitrogen and oxygen atoms in total. The van der Waals surface area contributed by atoms with Crippen LogP contribution in [0.4, 0.5) is 0 Å². The molecule has 1 aliphatic heterocycles. The van der Waals surface area contributed by atoms with Crippen LogP contribution in [0.25, 0.3) is 0 Å². The van der Waals surface area contributed by atoms with Crippen molar-refractivity contribution in [1.82, 2.24) is 10.2 Å². The van der Waals surface area contributed by atoms with Crippen molar-refractivity contribution in [2.75, 3.05) is 19.6 Å². The summed E-state index contributed by atoms with van der Waals surface area (Å²) in [6.45, 7) is 10.4. The van der Waals surface area contributed by atoms with Gasteiger partial charge in [-0.25, -0.2) is 0 Å². The molecule has 0 bridgehead atoms. The lowest BCUT2D eigenvalue weighted by atomic mass is 9.99. The first-order chi connectivity index (χ1) is 8.16. The fourth-order valence-corrected chi connectivity index (χ4v) is 2.59. The Bertz CT molecular complexity index is 342. The molecule has 0 spiro atoms. The van der Waals surface area contributed by atoms with Gasteiger partial charge in [-0.15, -0.1) is 12.4 Å². The molecule has 0 amide bonds. The first kappa shape index (κ1) is 15.5. The van der Waals surface area contributed by atoms with Gasteiger partial charge in [-0.3, -0.25) is 4.90 Å². The van der Waals surface area contributed by atoms with E-state index in [1.807, 2.05) is 0 Å². The quantitative estimate of drug-likeness (QED) is 0.907. The predicted molar refractivity (Wildman–Crippen MR) is 80.6 cm³/mol. The van der Waals surface area contributed by atoms with E-state index in [9.17, 15) is 0 Å². The number of nitrogens with one attached hydrogen (secondary N) is 1. The standard InChI is InChI=1S/C15H24N2.ClH/c1-12(15-7-5-4-6-8-15)10-17-11-13(2)16-9-14(17)3;/h4-8,12-14,16H,9-11H2,1-3H3;1H. The molecule has 102 valence electrons. The number of rotatable bonds is 3. The molecule has 3 heteroatoms. The Morgan fingerprint density at radius 2 is 1.94 bits per heavy atom. The lowest BCUT2D eigenvalue weighted by Crippen LogP contribution is -2.54. The molecule has 0 aromatic heterocycles. The second-order valence-corrected chi connectivity index (χ2v) is 5.42. The topological polar surface area (TPSA) is 15.3 Å². The van der Waals surface area contributed by atoms with Gasteiger partial charge in [0.15, 0.2) is 0 Å². The molecule has 3 atom stereocenters. The highest BCUT2D eigenvalue weighted by atomic mass is 35.5. The van der Waals surface area contributed by atoms with Crippen molar-refractivity contribution < 1.29 is 0 Å². The number of piperazine rings is 1. The SMILES string of the molecule is CC1CN(CC(C)c2ccccc2)C(C)CN1.Cl. The van der Waals surface area contributed by atoms with Crippen molar-refractivity contribution in [3.05, 3.63) is 35.9 Å². The molecule has 0 saturated carbocycles. The van der Waals surface area contributed by atoms with Gasteiger partial charge < -0.3 is 5.32 Å². The summed E-state index contributed by atoms with van der Waals surface area (Å²) in [6, 6.07) is 12.1. The van der Waals surface area contributed by atoms with Crippen LogP contribution >= 0.6 is 12.4 Å². The Morgan fingerprint density at radius 1 is 1.28 bits per heavy atom. The number of hydrogen-bond donors (Lipinski definition) is 1. The summed E-state index contributed by atoms with van der Waals surface area (Å²) >= 11 is 0. The number of halogens is 1. The van der Waals surface area contributed by atoms with Crippen LogP contribution < -0.4 is 5.32 Å². The average Bonchev–Trinajstić information content (AvgIpc) is 2.35. The van der Waals surface area contributed by atoms with Gasteiger partial charge in [-0.05, 0) is 25.3 Å². The second kappa shape index (κ2) is 7.13. The Hall–Kier alpha value is -0.570. The summed E-state index contributed by atoms with van der Waals surface area (Å²) in [5.74, 6) is 0.615. The summed E-state index contributed by atoms with van der Waals surface area (Å²) in [5.41, 5.74) is 1.45. The second-order valence-electron chi connectivity index (χ2n) is 5.42. The number of hydrogen-bond acceptors (Lipinski definition) is 2. The first-order valence-corrected chi connectivity index (χ1v) is 6.69. The lowest BCUT2D eigenvalue weighted by molar-refractivity contribution is 0.140. The summed E-state index contributed by atoms with van der Waals surface area (Å²) in [5, 5.41) is 3.53. The highest BCUT2D eigenvalue weighted by molar-refractivity contribution is 5.85. The molecule has 3 unspecified atom stereocenters. The average molecular weight is 269 g/mol. The zero-order chi connectivity index (χ0) is 12.3. The maximum absolute atomic E-state index is 3.53. The van der Waals surface area contributed by atoms with Crippen LogP contribution in [0, 0.1) is 0 Å². The van der Waals surface area contributed by atoms with Gasteiger partial charge >= 0.3 is 0 Å². The van der Waals surface area contributed by atoms with Gasteiger partial charge in [0.05, 0.1) is 0 Å². The van der Waals surface area contributed by atoms with E-state index in [0.29, 0.717) is 18.0 Å². The third kappa shape index (κ3) is 3.98. The van der Waals surface area contributed by atoms with E-state index in [0.717, 1.165) is 13.1 Å². The van der Waals surface area contributed by atoms with E-state index in [4.69, 9.17) is 0 Å². The fourth-order valence-electron chi connectivity index (χ4n) is 2.59. The van der Waals surface area contributed by atoms with Crippen molar-refractivity contribution >= 4 is 12.4 Å². The normalized spacial score (nSPS) is 26.4. The zero-order valence-electron chi connectivity index (χ0n) is 11.6. The van der Waals surface area contributed by atoms with Gasteiger partial charge in [0.25, 0.3) is 0 Å². The van der Waals surface area contributed by atoms with Crippen molar-refractivity contribution in [1.29, 1.82) is 0 Å². The van der Waals surface area contributed by atoms with Crippen LogP contribution in [0.1, 0.15) is 32.3 Å². The number of nitrogens with zero attached hydrogens (tertiary/aromatic N) is 1. The molecule has 1 aromatic carbocycles.